The molecule has 2 aromatic carbocycles. The molecule has 0 spiro atoms. The first kappa shape index (κ1) is 24.1. The molecule has 34 heavy (non-hydrogen) atoms. The second kappa shape index (κ2) is 10.5. The lowest BCUT2D eigenvalue weighted by molar-refractivity contribution is -0.123. The molecule has 9 heteroatoms. The van der Waals surface area contributed by atoms with Crippen LogP contribution in [0.2, 0.25) is 0 Å². The number of carbonyl (C=O) groups is 2. The van der Waals surface area contributed by atoms with Crippen molar-refractivity contribution in [1.29, 1.82) is 0 Å². The number of rotatable bonds is 7. The summed E-state index contributed by atoms with van der Waals surface area (Å²) in [6.07, 6.45) is 3.85. The second-order valence-electron chi connectivity index (χ2n) is 7.82. The number of thioether (sulfide) groups is 1. The highest BCUT2D eigenvalue weighted by molar-refractivity contribution is 8.26. The largest absolute Gasteiger partial charge is 0.493 e. The van der Waals surface area contributed by atoms with Crippen LogP contribution in [0, 0.1) is 0 Å². The predicted octanol–water partition coefficient (Wildman–Crippen LogP) is 4.28. The van der Waals surface area contributed by atoms with E-state index in [-0.39, 0.29) is 24.8 Å². The fraction of sp³-hybridized carbons (Fsp3) is 0.320. The molecule has 0 N–H and O–H groups in total. The first-order valence-corrected chi connectivity index (χ1v) is 12.1. The molecule has 0 atom stereocenters. The molecule has 178 valence electrons. The van der Waals surface area contributed by atoms with E-state index in [1.807, 2.05) is 23.1 Å². The number of hydrogen-bond donors (Lipinski definition) is 0. The molecule has 2 heterocycles. The summed E-state index contributed by atoms with van der Waals surface area (Å²) < 4.78 is 16.6. The SMILES string of the molecule is COc1cc(/C=C2\SC(=S)N(CCC(=O)N3CCCc4ccccc43)C2=O)cc(OC)c1OC. The van der Waals surface area contributed by atoms with E-state index in [1.54, 1.807) is 18.2 Å². The molecule has 1 fully saturated rings. The van der Waals surface area contributed by atoms with Crippen molar-refractivity contribution in [3.8, 4) is 17.2 Å². The van der Waals surface area contributed by atoms with Gasteiger partial charge < -0.3 is 19.1 Å². The molecule has 2 amide bonds. The number of thiocarbonyl (C=S) groups is 1. The predicted molar refractivity (Wildman–Crippen MR) is 138 cm³/mol. The van der Waals surface area contributed by atoms with Gasteiger partial charge in [-0.05, 0) is 48.2 Å². The van der Waals surface area contributed by atoms with E-state index in [0.29, 0.717) is 33.0 Å². The van der Waals surface area contributed by atoms with Crippen molar-refractivity contribution in [2.75, 3.05) is 39.3 Å². The van der Waals surface area contributed by atoms with Gasteiger partial charge in [-0.3, -0.25) is 14.5 Å². The first-order valence-electron chi connectivity index (χ1n) is 10.9. The Morgan fingerprint density at radius 1 is 1.12 bits per heavy atom. The molecule has 0 aromatic heterocycles. The van der Waals surface area contributed by atoms with E-state index in [4.69, 9.17) is 26.4 Å². The van der Waals surface area contributed by atoms with Crippen LogP contribution in [0.15, 0.2) is 41.3 Å². The summed E-state index contributed by atoms with van der Waals surface area (Å²) in [4.78, 5) is 29.9. The minimum absolute atomic E-state index is 0.00481. The van der Waals surface area contributed by atoms with Crippen molar-refractivity contribution >= 4 is 51.9 Å². The molecule has 2 aliphatic heterocycles. The van der Waals surface area contributed by atoms with Crippen LogP contribution in [0.4, 0.5) is 5.69 Å². The zero-order valence-electron chi connectivity index (χ0n) is 19.3. The van der Waals surface area contributed by atoms with E-state index in [1.165, 1.54) is 43.6 Å². The van der Waals surface area contributed by atoms with Gasteiger partial charge in [0.05, 0.1) is 26.2 Å². The summed E-state index contributed by atoms with van der Waals surface area (Å²) in [6.45, 7) is 0.935. The number of hydrogen-bond acceptors (Lipinski definition) is 7. The molecule has 4 rings (SSSR count). The molecular weight excluding hydrogens is 472 g/mol. The van der Waals surface area contributed by atoms with E-state index < -0.39 is 0 Å². The molecule has 0 aliphatic carbocycles. The molecule has 0 radical (unpaired) electrons. The van der Waals surface area contributed by atoms with Crippen LogP contribution in [0.5, 0.6) is 17.2 Å². The van der Waals surface area contributed by atoms with Crippen LogP contribution in [0.25, 0.3) is 6.08 Å². The van der Waals surface area contributed by atoms with Crippen molar-refractivity contribution < 1.29 is 23.8 Å². The van der Waals surface area contributed by atoms with Crippen LogP contribution in [0.3, 0.4) is 0 Å². The van der Waals surface area contributed by atoms with Crippen LogP contribution < -0.4 is 19.1 Å². The van der Waals surface area contributed by atoms with Gasteiger partial charge in [0.15, 0.2) is 11.5 Å². The third-order valence-electron chi connectivity index (χ3n) is 5.82. The Kier molecular flexibility index (Phi) is 7.43. The quantitative estimate of drug-likeness (QED) is 0.417. The summed E-state index contributed by atoms with van der Waals surface area (Å²) in [5, 5.41) is 0. The van der Waals surface area contributed by atoms with Gasteiger partial charge in [0, 0.05) is 25.2 Å². The number of fused-ring (bicyclic) bond motifs is 1. The molecule has 7 nitrogen and oxygen atoms in total. The minimum Gasteiger partial charge on any atom is -0.493 e. The lowest BCUT2D eigenvalue weighted by atomic mass is 10.0. The number of carbonyl (C=O) groups excluding carboxylic acids is 2. The van der Waals surface area contributed by atoms with Crippen LogP contribution in [-0.4, -0.2) is 55.5 Å². The lowest BCUT2D eigenvalue weighted by Gasteiger charge is -2.30. The molecule has 1 saturated heterocycles. The normalized spacial score (nSPS) is 16.6. The Bertz CT molecular complexity index is 1140. The van der Waals surface area contributed by atoms with Crippen LogP contribution >= 0.6 is 24.0 Å². The Labute approximate surface area is 208 Å². The van der Waals surface area contributed by atoms with Crippen molar-refractivity contribution in [2.24, 2.45) is 0 Å². The van der Waals surface area contributed by atoms with Gasteiger partial charge in [-0.1, -0.05) is 42.2 Å². The van der Waals surface area contributed by atoms with Gasteiger partial charge in [0.1, 0.15) is 4.32 Å². The van der Waals surface area contributed by atoms with Crippen molar-refractivity contribution in [3.63, 3.8) is 0 Å². The maximum atomic E-state index is 13.1. The average molecular weight is 499 g/mol. The van der Waals surface area contributed by atoms with E-state index in [2.05, 4.69) is 6.07 Å². The standard InChI is InChI=1S/C25H26N2O5S2/c1-30-19-13-16(14-20(31-2)23(19)32-3)15-21-24(29)27(25(33)34-21)12-10-22(28)26-11-6-8-17-7-4-5-9-18(17)26/h4-5,7,9,13-15H,6,8,10-12H2,1-3H3/b21-15-. The molecule has 0 saturated carbocycles. The van der Waals surface area contributed by atoms with Gasteiger partial charge in [-0.15, -0.1) is 0 Å². The average Bonchev–Trinajstić information content (AvgIpc) is 3.13. The Morgan fingerprint density at radius 2 is 1.82 bits per heavy atom. The summed E-state index contributed by atoms with van der Waals surface area (Å²) in [7, 11) is 4.62. The van der Waals surface area contributed by atoms with Crippen molar-refractivity contribution in [3.05, 3.63) is 52.4 Å². The summed E-state index contributed by atoms with van der Waals surface area (Å²) in [5.74, 6) is 1.25. The molecule has 0 unspecified atom stereocenters. The number of benzene rings is 2. The minimum atomic E-state index is -0.212. The highest BCUT2D eigenvalue weighted by atomic mass is 32.2. The second-order valence-corrected chi connectivity index (χ2v) is 9.50. The number of ether oxygens (including phenoxy) is 3. The summed E-state index contributed by atoms with van der Waals surface area (Å²) in [6, 6.07) is 11.5. The van der Waals surface area contributed by atoms with Gasteiger partial charge in [0.25, 0.3) is 5.91 Å². The number of para-hydroxylation sites is 1. The van der Waals surface area contributed by atoms with Crippen molar-refractivity contribution in [1.82, 2.24) is 4.90 Å². The van der Waals surface area contributed by atoms with Crippen LogP contribution in [-0.2, 0) is 16.0 Å². The summed E-state index contributed by atoms with van der Waals surface area (Å²) in [5.41, 5.74) is 2.86. The Balaban J connectivity index is 1.48. The highest BCUT2D eigenvalue weighted by Crippen LogP contribution is 2.40. The van der Waals surface area contributed by atoms with Gasteiger partial charge in [-0.2, -0.15) is 0 Å². The zero-order valence-corrected chi connectivity index (χ0v) is 21.0. The number of amides is 2. The van der Waals surface area contributed by atoms with Gasteiger partial charge in [-0.25, -0.2) is 0 Å². The number of anilines is 1. The molecule has 2 aliphatic rings. The topological polar surface area (TPSA) is 68.3 Å². The highest BCUT2D eigenvalue weighted by Gasteiger charge is 2.33. The molecule has 0 bridgehead atoms. The zero-order chi connectivity index (χ0) is 24.2. The molecular formula is C25H26N2O5S2. The van der Waals surface area contributed by atoms with Crippen molar-refractivity contribution in [2.45, 2.75) is 19.3 Å². The van der Waals surface area contributed by atoms with E-state index in [9.17, 15) is 9.59 Å². The van der Waals surface area contributed by atoms with E-state index in [0.717, 1.165) is 24.1 Å². The van der Waals surface area contributed by atoms with Gasteiger partial charge >= 0.3 is 0 Å². The fourth-order valence-electron chi connectivity index (χ4n) is 4.16. The maximum Gasteiger partial charge on any atom is 0.266 e. The number of nitrogens with zero attached hydrogens (tertiary/aromatic N) is 2. The lowest BCUT2D eigenvalue weighted by Crippen LogP contribution is -2.38. The first-order chi connectivity index (χ1) is 16.5. The van der Waals surface area contributed by atoms with E-state index >= 15 is 0 Å². The number of aryl methyl sites for hydroxylation is 1. The molecule has 2 aromatic rings. The summed E-state index contributed by atoms with van der Waals surface area (Å²) >= 11 is 6.67. The van der Waals surface area contributed by atoms with Gasteiger partial charge in [0.2, 0.25) is 11.7 Å². The maximum absolute atomic E-state index is 13.1. The fourth-order valence-corrected chi connectivity index (χ4v) is 5.47. The van der Waals surface area contributed by atoms with Crippen LogP contribution in [0.1, 0.15) is 24.0 Å². The third-order valence-corrected chi connectivity index (χ3v) is 7.20. The Morgan fingerprint density at radius 3 is 2.50 bits per heavy atom. The third kappa shape index (κ3) is 4.76. The monoisotopic (exact) mass is 498 g/mol. The smallest absolute Gasteiger partial charge is 0.266 e. The Hall–Kier alpha value is -3.04. The number of methoxy groups -OCH3 is 3.